The molecule has 1 aromatic heterocycles. The van der Waals surface area contributed by atoms with Crippen LogP contribution in [0.4, 0.5) is 0 Å². The van der Waals surface area contributed by atoms with Crippen LogP contribution in [0.3, 0.4) is 0 Å². The van der Waals surface area contributed by atoms with Gasteiger partial charge in [0.05, 0.1) is 0 Å². The van der Waals surface area contributed by atoms with Crippen molar-refractivity contribution in [2.45, 2.75) is 6.42 Å². The third-order valence-corrected chi connectivity index (χ3v) is 2.95. The predicted molar refractivity (Wildman–Crippen MR) is 76.3 cm³/mol. The number of nitrogens with zero attached hydrogens (tertiary/aromatic N) is 2. The molecule has 0 saturated carbocycles. The maximum absolute atomic E-state index is 11.6. The first-order valence-corrected chi connectivity index (χ1v) is 6.59. The molecule has 5 nitrogen and oxygen atoms in total. The Morgan fingerprint density at radius 3 is 2.84 bits per heavy atom. The van der Waals surface area contributed by atoms with Crippen molar-refractivity contribution in [2.24, 2.45) is 0 Å². The Bertz CT molecular complexity index is 549. The van der Waals surface area contributed by atoms with E-state index in [1.165, 1.54) is 12.4 Å². The summed E-state index contributed by atoms with van der Waals surface area (Å²) >= 11 is 3.36. The van der Waals surface area contributed by atoms with Gasteiger partial charge in [-0.2, -0.15) is 5.10 Å². The lowest BCUT2D eigenvalue weighted by Crippen LogP contribution is -2.23. The molecule has 2 N–H and O–H groups in total. The van der Waals surface area contributed by atoms with E-state index in [0.29, 0.717) is 13.0 Å². The van der Waals surface area contributed by atoms with E-state index in [-0.39, 0.29) is 5.91 Å². The Morgan fingerprint density at radius 2 is 2.16 bits per heavy atom. The van der Waals surface area contributed by atoms with Crippen LogP contribution in [-0.2, 0) is 11.2 Å². The van der Waals surface area contributed by atoms with Crippen molar-refractivity contribution >= 4 is 27.9 Å². The number of H-pyrrole nitrogens is 1. The van der Waals surface area contributed by atoms with Gasteiger partial charge in [-0.25, -0.2) is 4.98 Å². The van der Waals surface area contributed by atoms with Gasteiger partial charge in [0.1, 0.15) is 12.2 Å². The highest BCUT2D eigenvalue weighted by molar-refractivity contribution is 9.10. The van der Waals surface area contributed by atoms with Crippen LogP contribution in [0.15, 0.2) is 41.1 Å². The SMILES string of the molecule is O=C(C=Cc1ccc(Br)cc1)NCCc1ncn[nH]1. The van der Waals surface area contributed by atoms with Gasteiger partial charge in [0.15, 0.2) is 0 Å². The molecule has 0 radical (unpaired) electrons. The van der Waals surface area contributed by atoms with Crippen molar-refractivity contribution in [1.29, 1.82) is 0 Å². The number of amides is 1. The van der Waals surface area contributed by atoms with Crippen molar-refractivity contribution in [1.82, 2.24) is 20.5 Å². The van der Waals surface area contributed by atoms with Crippen LogP contribution in [0.25, 0.3) is 6.08 Å². The van der Waals surface area contributed by atoms with Crippen LogP contribution in [0.1, 0.15) is 11.4 Å². The van der Waals surface area contributed by atoms with Gasteiger partial charge in [0.25, 0.3) is 0 Å². The Hall–Kier alpha value is -1.95. The zero-order valence-corrected chi connectivity index (χ0v) is 11.7. The first kappa shape index (κ1) is 13.5. The Labute approximate surface area is 119 Å². The standard InChI is InChI=1S/C13H13BrN4O/c14-11-4-1-10(2-5-11)3-6-13(19)15-8-7-12-16-9-17-18-12/h1-6,9H,7-8H2,(H,15,19)(H,16,17,18). The second-order valence-electron chi connectivity index (χ2n) is 3.86. The van der Waals surface area contributed by atoms with E-state index in [1.54, 1.807) is 6.08 Å². The highest BCUT2D eigenvalue weighted by Gasteiger charge is 1.98. The maximum Gasteiger partial charge on any atom is 0.244 e. The Morgan fingerprint density at radius 1 is 1.37 bits per heavy atom. The molecular weight excluding hydrogens is 308 g/mol. The second kappa shape index (κ2) is 6.84. The summed E-state index contributed by atoms with van der Waals surface area (Å²) in [6, 6.07) is 7.73. The minimum absolute atomic E-state index is 0.123. The average Bonchev–Trinajstić information content (AvgIpc) is 2.91. The van der Waals surface area contributed by atoms with E-state index < -0.39 is 0 Å². The molecule has 0 aliphatic carbocycles. The van der Waals surface area contributed by atoms with E-state index in [9.17, 15) is 4.79 Å². The summed E-state index contributed by atoms with van der Waals surface area (Å²) in [5, 5.41) is 9.26. The molecule has 1 amide bonds. The van der Waals surface area contributed by atoms with E-state index in [1.807, 2.05) is 24.3 Å². The van der Waals surface area contributed by atoms with Crippen LogP contribution in [0.2, 0.25) is 0 Å². The Kier molecular flexibility index (Phi) is 4.85. The zero-order valence-electron chi connectivity index (χ0n) is 10.1. The molecular formula is C13H13BrN4O. The van der Waals surface area contributed by atoms with Gasteiger partial charge >= 0.3 is 0 Å². The lowest BCUT2D eigenvalue weighted by atomic mass is 10.2. The number of halogens is 1. The summed E-state index contributed by atoms with van der Waals surface area (Å²) in [7, 11) is 0. The molecule has 98 valence electrons. The van der Waals surface area contributed by atoms with Crippen molar-refractivity contribution in [3.8, 4) is 0 Å². The molecule has 6 heteroatoms. The summed E-state index contributed by atoms with van der Waals surface area (Å²) in [6.07, 6.45) is 5.38. The van der Waals surface area contributed by atoms with E-state index in [2.05, 4.69) is 36.4 Å². The third-order valence-electron chi connectivity index (χ3n) is 2.42. The first-order chi connectivity index (χ1) is 9.24. The van der Waals surface area contributed by atoms with Crippen LogP contribution in [-0.4, -0.2) is 27.6 Å². The fourth-order valence-corrected chi connectivity index (χ4v) is 1.72. The summed E-state index contributed by atoms with van der Waals surface area (Å²) < 4.78 is 1.01. The fourth-order valence-electron chi connectivity index (χ4n) is 1.46. The molecule has 0 aliphatic rings. The Balaban J connectivity index is 1.76. The number of nitrogens with one attached hydrogen (secondary N) is 2. The maximum atomic E-state index is 11.6. The van der Waals surface area contributed by atoms with E-state index in [4.69, 9.17) is 0 Å². The lowest BCUT2D eigenvalue weighted by Gasteiger charge is -1.99. The topological polar surface area (TPSA) is 70.7 Å². The lowest BCUT2D eigenvalue weighted by molar-refractivity contribution is -0.116. The molecule has 0 saturated heterocycles. The van der Waals surface area contributed by atoms with E-state index >= 15 is 0 Å². The number of aromatic amines is 1. The summed E-state index contributed by atoms with van der Waals surface area (Å²) in [5.41, 5.74) is 0.980. The molecule has 0 atom stereocenters. The number of rotatable bonds is 5. The average molecular weight is 321 g/mol. The van der Waals surface area contributed by atoms with Gasteiger partial charge in [-0.3, -0.25) is 9.89 Å². The summed E-state index contributed by atoms with van der Waals surface area (Å²) in [4.78, 5) is 15.5. The van der Waals surface area contributed by atoms with Crippen molar-refractivity contribution in [3.63, 3.8) is 0 Å². The molecule has 0 fully saturated rings. The van der Waals surface area contributed by atoms with Gasteiger partial charge in [0.2, 0.25) is 5.91 Å². The number of carbonyl (C=O) groups excluding carboxylic acids is 1. The minimum atomic E-state index is -0.123. The van der Waals surface area contributed by atoms with Gasteiger partial charge in [-0.15, -0.1) is 0 Å². The van der Waals surface area contributed by atoms with Gasteiger partial charge < -0.3 is 5.32 Å². The predicted octanol–water partition coefficient (Wildman–Crippen LogP) is 1.94. The number of benzene rings is 1. The summed E-state index contributed by atoms with van der Waals surface area (Å²) in [5.74, 6) is 0.639. The minimum Gasteiger partial charge on any atom is -0.352 e. The molecule has 0 spiro atoms. The van der Waals surface area contributed by atoms with Gasteiger partial charge in [-0.05, 0) is 23.8 Å². The third kappa shape index (κ3) is 4.67. The number of hydrogen-bond acceptors (Lipinski definition) is 3. The molecule has 0 bridgehead atoms. The molecule has 0 unspecified atom stereocenters. The van der Waals surface area contributed by atoms with Crippen LogP contribution >= 0.6 is 15.9 Å². The largest absolute Gasteiger partial charge is 0.352 e. The van der Waals surface area contributed by atoms with Crippen molar-refractivity contribution < 1.29 is 4.79 Å². The van der Waals surface area contributed by atoms with Crippen LogP contribution < -0.4 is 5.32 Å². The molecule has 1 heterocycles. The second-order valence-corrected chi connectivity index (χ2v) is 4.77. The van der Waals surface area contributed by atoms with Crippen LogP contribution in [0.5, 0.6) is 0 Å². The van der Waals surface area contributed by atoms with E-state index in [0.717, 1.165) is 15.9 Å². The quantitative estimate of drug-likeness (QED) is 0.827. The smallest absolute Gasteiger partial charge is 0.244 e. The molecule has 19 heavy (non-hydrogen) atoms. The number of aromatic nitrogens is 3. The monoisotopic (exact) mass is 320 g/mol. The molecule has 2 rings (SSSR count). The van der Waals surface area contributed by atoms with Gasteiger partial charge in [-0.1, -0.05) is 28.1 Å². The highest BCUT2D eigenvalue weighted by Crippen LogP contribution is 2.11. The fraction of sp³-hybridized carbons (Fsp3) is 0.154. The van der Waals surface area contributed by atoms with Gasteiger partial charge in [0, 0.05) is 23.5 Å². The highest BCUT2D eigenvalue weighted by atomic mass is 79.9. The number of carbonyl (C=O) groups is 1. The molecule has 0 aliphatic heterocycles. The van der Waals surface area contributed by atoms with Crippen molar-refractivity contribution in [2.75, 3.05) is 6.54 Å². The normalized spacial score (nSPS) is 10.8. The molecule has 1 aromatic carbocycles. The summed E-state index contributed by atoms with van der Waals surface area (Å²) in [6.45, 7) is 0.526. The zero-order chi connectivity index (χ0) is 13.5. The van der Waals surface area contributed by atoms with Crippen molar-refractivity contribution in [3.05, 3.63) is 52.5 Å². The first-order valence-electron chi connectivity index (χ1n) is 5.80. The molecule has 2 aromatic rings. The van der Waals surface area contributed by atoms with Crippen LogP contribution in [0, 0.1) is 0 Å². The number of hydrogen-bond donors (Lipinski definition) is 2.